The highest BCUT2D eigenvalue weighted by Crippen LogP contribution is 2.29. The maximum absolute atomic E-state index is 12.5. The van der Waals surface area contributed by atoms with Crippen LogP contribution >= 0.6 is 0 Å². The molecule has 4 N–H and O–H groups in total. The second kappa shape index (κ2) is 7.49. The number of amides is 2. The second-order valence-electron chi connectivity index (χ2n) is 6.46. The Morgan fingerprint density at radius 2 is 1.84 bits per heavy atom. The molecular weight excluding hydrogens is 314 g/mol. The zero-order chi connectivity index (χ0) is 17.8. The van der Waals surface area contributed by atoms with E-state index in [0.717, 1.165) is 19.3 Å². The van der Waals surface area contributed by atoms with E-state index in [1.165, 1.54) is 11.1 Å². The van der Waals surface area contributed by atoms with Gasteiger partial charge < -0.3 is 11.1 Å². The Kier molecular flexibility index (Phi) is 5.14. The first-order chi connectivity index (χ1) is 12.0. The fourth-order valence-electron chi connectivity index (χ4n) is 3.27. The van der Waals surface area contributed by atoms with Crippen molar-refractivity contribution in [2.24, 2.45) is 5.73 Å². The fraction of sp³-hybridized carbons (Fsp3) is 0.300. The number of nitrogens with two attached hydrogens (primary N) is 1. The predicted molar refractivity (Wildman–Crippen MR) is 98.3 cm³/mol. The van der Waals surface area contributed by atoms with Crippen molar-refractivity contribution in [3.8, 4) is 0 Å². The number of carbonyl (C=O) groups excluding carboxylic acids is 2. The van der Waals surface area contributed by atoms with E-state index in [2.05, 4.69) is 28.8 Å². The van der Waals surface area contributed by atoms with E-state index >= 15 is 0 Å². The number of primary amides is 1. The summed E-state index contributed by atoms with van der Waals surface area (Å²) < 4.78 is 0. The van der Waals surface area contributed by atoms with Crippen LogP contribution in [0.25, 0.3) is 0 Å². The average molecular weight is 337 g/mol. The number of hydrogen-bond donors (Lipinski definition) is 3. The summed E-state index contributed by atoms with van der Waals surface area (Å²) in [5.41, 5.74) is 8.94. The van der Waals surface area contributed by atoms with Crippen molar-refractivity contribution in [1.82, 2.24) is 5.32 Å². The molecule has 0 aliphatic heterocycles. The predicted octanol–water partition coefficient (Wildman–Crippen LogP) is 2.78. The third kappa shape index (κ3) is 4.06. The molecule has 1 aliphatic rings. The number of rotatable bonds is 5. The van der Waals surface area contributed by atoms with Gasteiger partial charge >= 0.3 is 0 Å². The van der Waals surface area contributed by atoms with Gasteiger partial charge in [0.15, 0.2) is 0 Å². The van der Waals surface area contributed by atoms with Crippen molar-refractivity contribution < 1.29 is 9.59 Å². The lowest BCUT2D eigenvalue weighted by Crippen LogP contribution is -2.41. The Morgan fingerprint density at radius 3 is 2.56 bits per heavy atom. The molecule has 0 heterocycles. The number of nitrogens with one attached hydrogen (secondary N) is 2. The van der Waals surface area contributed by atoms with Crippen LogP contribution in [-0.2, 0) is 11.2 Å². The normalized spacial score (nSPS) is 17.4. The van der Waals surface area contributed by atoms with Gasteiger partial charge in [-0.2, -0.15) is 0 Å². The molecular formula is C20H23N3O2. The molecule has 0 aromatic heterocycles. The molecule has 3 rings (SSSR count). The van der Waals surface area contributed by atoms with E-state index < -0.39 is 5.91 Å². The Morgan fingerprint density at radius 1 is 1.12 bits per heavy atom. The van der Waals surface area contributed by atoms with E-state index in [1.54, 1.807) is 24.3 Å². The van der Waals surface area contributed by atoms with Crippen molar-refractivity contribution in [3.05, 3.63) is 65.2 Å². The molecule has 0 saturated carbocycles. The molecule has 0 fully saturated rings. The molecule has 2 aromatic rings. The Balaban J connectivity index is 1.62. The molecule has 0 saturated heterocycles. The maximum atomic E-state index is 12.5. The minimum absolute atomic E-state index is 0.102. The number of fused-ring (bicyclic) bond motifs is 1. The third-order valence-electron chi connectivity index (χ3n) is 4.65. The summed E-state index contributed by atoms with van der Waals surface area (Å²) in [5, 5.41) is 6.31. The topological polar surface area (TPSA) is 84.2 Å². The van der Waals surface area contributed by atoms with Crippen LogP contribution in [-0.4, -0.2) is 17.9 Å². The van der Waals surface area contributed by atoms with Gasteiger partial charge in [0.1, 0.15) is 0 Å². The van der Waals surface area contributed by atoms with Crippen LogP contribution in [0.15, 0.2) is 48.5 Å². The standard InChI is InChI=1S/C20H23N3O2/c1-13(20(25)23-16-11-9-15(10-12-16)19(21)24)22-18-8-4-6-14-5-2-3-7-17(14)18/h2-3,5,7,9-13,18,22H,4,6,8H2,1H3,(H2,21,24)(H,23,25)/t13-,18-/m1/s1. The maximum Gasteiger partial charge on any atom is 0.248 e. The highest BCUT2D eigenvalue weighted by atomic mass is 16.2. The first-order valence-electron chi connectivity index (χ1n) is 8.59. The summed E-state index contributed by atoms with van der Waals surface area (Å²) in [6.45, 7) is 1.87. The monoisotopic (exact) mass is 337 g/mol. The van der Waals surface area contributed by atoms with Crippen LogP contribution < -0.4 is 16.4 Å². The van der Waals surface area contributed by atoms with E-state index in [9.17, 15) is 9.59 Å². The molecule has 0 bridgehead atoms. The SMILES string of the molecule is C[C@@H](N[C@@H]1CCCc2ccccc21)C(=O)Nc1ccc(C(N)=O)cc1. The van der Waals surface area contributed by atoms with Crippen molar-refractivity contribution in [2.75, 3.05) is 5.32 Å². The Labute approximate surface area is 147 Å². The third-order valence-corrected chi connectivity index (χ3v) is 4.65. The van der Waals surface area contributed by atoms with Gasteiger partial charge in [-0.05, 0) is 61.6 Å². The van der Waals surface area contributed by atoms with Gasteiger partial charge in [-0.25, -0.2) is 0 Å². The lowest BCUT2D eigenvalue weighted by molar-refractivity contribution is -0.118. The molecule has 5 heteroatoms. The quantitative estimate of drug-likeness (QED) is 0.784. The molecule has 5 nitrogen and oxygen atoms in total. The van der Waals surface area contributed by atoms with Crippen molar-refractivity contribution in [1.29, 1.82) is 0 Å². The van der Waals surface area contributed by atoms with Crippen LogP contribution in [0.3, 0.4) is 0 Å². The lowest BCUT2D eigenvalue weighted by Gasteiger charge is -2.28. The summed E-state index contributed by atoms with van der Waals surface area (Å²) in [7, 11) is 0. The lowest BCUT2D eigenvalue weighted by atomic mass is 9.87. The van der Waals surface area contributed by atoms with Gasteiger partial charge in [-0.3, -0.25) is 14.9 Å². The number of anilines is 1. The largest absolute Gasteiger partial charge is 0.366 e. The molecule has 0 unspecified atom stereocenters. The first kappa shape index (κ1) is 17.2. The molecule has 25 heavy (non-hydrogen) atoms. The number of carbonyl (C=O) groups is 2. The van der Waals surface area contributed by atoms with Crippen molar-refractivity contribution in [3.63, 3.8) is 0 Å². The highest BCUT2D eigenvalue weighted by Gasteiger charge is 2.23. The van der Waals surface area contributed by atoms with Crippen molar-refractivity contribution in [2.45, 2.75) is 38.3 Å². The van der Waals surface area contributed by atoms with Gasteiger partial charge in [0.25, 0.3) is 0 Å². The fourth-order valence-corrected chi connectivity index (χ4v) is 3.27. The summed E-state index contributed by atoms with van der Waals surface area (Å²) in [5.74, 6) is -0.584. The van der Waals surface area contributed by atoms with Crippen molar-refractivity contribution >= 4 is 17.5 Å². The van der Waals surface area contributed by atoms with Crippen LogP contribution in [0.1, 0.15) is 47.3 Å². The molecule has 1 aliphatic carbocycles. The molecule has 2 atom stereocenters. The minimum Gasteiger partial charge on any atom is -0.366 e. The van der Waals surface area contributed by atoms with E-state index in [4.69, 9.17) is 5.73 Å². The summed E-state index contributed by atoms with van der Waals surface area (Å²) >= 11 is 0. The number of hydrogen-bond acceptors (Lipinski definition) is 3. The zero-order valence-corrected chi connectivity index (χ0v) is 14.3. The van der Waals surface area contributed by atoms with Crippen LogP contribution in [0.5, 0.6) is 0 Å². The summed E-state index contributed by atoms with van der Waals surface area (Å²) in [6, 6.07) is 14.8. The second-order valence-corrected chi connectivity index (χ2v) is 6.46. The van der Waals surface area contributed by atoms with E-state index in [1.807, 2.05) is 13.0 Å². The van der Waals surface area contributed by atoms with Crippen LogP contribution in [0, 0.1) is 0 Å². The number of benzene rings is 2. The Hall–Kier alpha value is -2.66. The molecule has 130 valence electrons. The van der Waals surface area contributed by atoms with Crippen LogP contribution in [0.2, 0.25) is 0 Å². The Bertz CT molecular complexity index is 771. The van der Waals surface area contributed by atoms with Crippen LogP contribution in [0.4, 0.5) is 5.69 Å². The zero-order valence-electron chi connectivity index (χ0n) is 14.3. The molecule has 2 aromatic carbocycles. The summed E-state index contributed by atoms with van der Waals surface area (Å²) in [4.78, 5) is 23.5. The minimum atomic E-state index is -0.483. The van der Waals surface area contributed by atoms with Gasteiger partial charge in [-0.15, -0.1) is 0 Å². The van der Waals surface area contributed by atoms with Gasteiger partial charge in [-0.1, -0.05) is 24.3 Å². The summed E-state index contributed by atoms with van der Waals surface area (Å²) in [6.07, 6.45) is 3.25. The molecule has 0 spiro atoms. The number of aryl methyl sites for hydroxylation is 1. The van der Waals surface area contributed by atoms with Gasteiger partial charge in [0, 0.05) is 17.3 Å². The highest BCUT2D eigenvalue weighted by molar-refractivity contribution is 5.96. The van der Waals surface area contributed by atoms with Gasteiger partial charge in [0.2, 0.25) is 11.8 Å². The van der Waals surface area contributed by atoms with E-state index in [-0.39, 0.29) is 18.0 Å². The van der Waals surface area contributed by atoms with E-state index in [0.29, 0.717) is 11.3 Å². The molecule has 2 amide bonds. The molecule has 0 radical (unpaired) electrons. The first-order valence-corrected chi connectivity index (χ1v) is 8.59. The smallest absolute Gasteiger partial charge is 0.248 e. The average Bonchev–Trinajstić information content (AvgIpc) is 2.62. The van der Waals surface area contributed by atoms with Gasteiger partial charge in [0.05, 0.1) is 6.04 Å².